The van der Waals surface area contributed by atoms with Gasteiger partial charge in [0.25, 0.3) is 0 Å². The van der Waals surface area contributed by atoms with Crippen molar-refractivity contribution in [3.8, 4) is 5.75 Å². The van der Waals surface area contributed by atoms with Gasteiger partial charge in [-0.15, -0.1) is 0 Å². The lowest BCUT2D eigenvalue weighted by Crippen LogP contribution is -2.03. The number of rotatable bonds is 3. The predicted octanol–water partition coefficient (Wildman–Crippen LogP) is 2.73. The van der Waals surface area contributed by atoms with Gasteiger partial charge in [0.15, 0.2) is 5.78 Å². The number of amides is 1. The molecule has 0 atom stereocenters. The topological polar surface area (TPSA) is 55.4 Å². The van der Waals surface area contributed by atoms with E-state index in [1.165, 1.54) is 0 Å². The van der Waals surface area contributed by atoms with Gasteiger partial charge in [-0.05, 0) is 42.3 Å². The highest BCUT2D eigenvalue weighted by Gasteiger charge is 2.20. The highest BCUT2D eigenvalue weighted by molar-refractivity contribution is 6.10. The second-order valence-electron chi connectivity index (χ2n) is 5.11. The van der Waals surface area contributed by atoms with Crippen LogP contribution in [0.1, 0.15) is 27.0 Å². The van der Waals surface area contributed by atoms with Crippen LogP contribution in [-0.4, -0.2) is 18.8 Å². The van der Waals surface area contributed by atoms with E-state index in [0.717, 1.165) is 16.8 Å². The second kappa shape index (κ2) is 5.05. The van der Waals surface area contributed by atoms with Crippen LogP contribution in [0.2, 0.25) is 0 Å². The highest BCUT2D eigenvalue weighted by Crippen LogP contribution is 2.26. The van der Waals surface area contributed by atoms with Crippen molar-refractivity contribution in [2.75, 3.05) is 12.4 Å². The number of carbonyl (C=O) groups excluding carboxylic acids is 2. The average molecular weight is 281 g/mol. The van der Waals surface area contributed by atoms with Crippen LogP contribution in [-0.2, 0) is 11.2 Å². The Morgan fingerprint density at radius 3 is 2.62 bits per heavy atom. The third kappa shape index (κ3) is 2.40. The maximum Gasteiger partial charge on any atom is 0.228 e. The Morgan fingerprint density at radius 1 is 1.14 bits per heavy atom. The van der Waals surface area contributed by atoms with E-state index in [1.54, 1.807) is 37.4 Å². The number of aryl methyl sites for hydroxylation is 1. The number of benzene rings is 2. The van der Waals surface area contributed by atoms with Crippen molar-refractivity contribution in [2.24, 2.45) is 0 Å². The Kier molecular flexibility index (Phi) is 3.22. The lowest BCUT2D eigenvalue weighted by atomic mass is 9.99. The van der Waals surface area contributed by atoms with Gasteiger partial charge in [-0.2, -0.15) is 0 Å². The molecule has 4 heteroatoms. The van der Waals surface area contributed by atoms with Crippen molar-refractivity contribution in [3.63, 3.8) is 0 Å². The summed E-state index contributed by atoms with van der Waals surface area (Å²) in [5.74, 6) is 0.584. The molecule has 21 heavy (non-hydrogen) atoms. The molecule has 0 aromatic heterocycles. The molecule has 0 aliphatic carbocycles. The number of anilines is 1. The van der Waals surface area contributed by atoms with Crippen LogP contribution in [0.4, 0.5) is 5.69 Å². The molecule has 0 saturated carbocycles. The van der Waals surface area contributed by atoms with E-state index >= 15 is 0 Å². The van der Waals surface area contributed by atoms with E-state index in [4.69, 9.17) is 4.74 Å². The molecule has 0 unspecified atom stereocenters. The first-order valence-corrected chi connectivity index (χ1v) is 6.70. The molecule has 4 nitrogen and oxygen atoms in total. The summed E-state index contributed by atoms with van der Waals surface area (Å²) in [4.78, 5) is 23.9. The zero-order valence-corrected chi connectivity index (χ0v) is 11.9. The zero-order valence-electron chi connectivity index (χ0n) is 11.9. The molecular formula is C17H15NO3. The van der Waals surface area contributed by atoms with Crippen LogP contribution >= 0.6 is 0 Å². The first-order chi connectivity index (χ1) is 10.1. The molecule has 0 bridgehead atoms. The van der Waals surface area contributed by atoms with Crippen molar-refractivity contribution in [2.45, 2.75) is 13.3 Å². The normalized spacial score (nSPS) is 12.8. The molecule has 0 spiro atoms. The molecular weight excluding hydrogens is 266 g/mol. The van der Waals surface area contributed by atoms with Crippen LogP contribution in [0.3, 0.4) is 0 Å². The minimum atomic E-state index is -0.0737. The number of ketones is 1. The van der Waals surface area contributed by atoms with Crippen LogP contribution in [0, 0.1) is 6.92 Å². The summed E-state index contributed by atoms with van der Waals surface area (Å²) in [6, 6.07) is 10.7. The fraction of sp³-hybridized carbons (Fsp3) is 0.176. The third-order valence-electron chi connectivity index (χ3n) is 3.66. The number of hydrogen-bond acceptors (Lipinski definition) is 3. The number of methoxy groups -OCH3 is 1. The summed E-state index contributed by atoms with van der Waals surface area (Å²) in [6.07, 6.45) is 0.327. The van der Waals surface area contributed by atoms with Gasteiger partial charge in [-0.1, -0.05) is 12.1 Å². The monoisotopic (exact) mass is 281 g/mol. The van der Waals surface area contributed by atoms with Gasteiger partial charge in [0.2, 0.25) is 5.91 Å². The van der Waals surface area contributed by atoms with E-state index in [9.17, 15) is 9.59 Å². The molecule has 1 aliphatic rings. The molecule has 1 amide bonds. The summed E-state index contributed by atoms with van der Waals surface area (Å²) < 4.78 is 5.25. The smallest absolute Gasteiger partial charge is 0.228 e. The zero-order chi connectivity index (χ0) is 15.0. The van der Waals surface area contributed by atoms with Gasteiger partial charge in [0.1, 0.15) is 5.75 Å². The SMILES string of the molecule is COc1cc(C(=O)c2ccc3c(c2)CC(=O)N3)ccc1C. The maximum atomic E-state index is 12.5. The predicted molar refractivity (Wildman–Crippen MR) is 79.9 cm³/mol. The summed E-state index contributed by atoms with van der Waals surface area (Å²) in [6.45, 7) is 1.93. The number of nitrogens with one attached hydrogen (secondary N) is 1. The van der Waals surface area contributed by atoms with Crippen molar-refractivity contribution >= 4 is 17.4 Å². The molecule has 0 fully saturated rings. The Morgan fingerprint density at radius 2 is 1.86 bits per heavy atom. The van der Waals surface area contributed by atoms with Crippen LogP contribution < -0.4 is 10.1 Å². The fourth-order valence-electron chi connectivity index (χ4n) is 2.50. The van der Waals surface area contributed by atoms with Crippen molar-refractivity contribution in [3.05, 3.63) is 58.7 Å². The second-order valence-corrected chi connectivity index (χ2v) is 5.11. The Labute approximate surface area is 122 Å². The molecule has 1 aliphatic heterocycles. The third-order valence-corrected chi connectivity index (χ3v) is 3.66. The molecule has 1 heterocycles. The Bertz CT molecular complexity index is 750. The number of hydrogen-bond donors (Lipinski definition) is 1. The molecule has 2 aromatic carbocycles. The van der Waals surface area contributed by atoms with Gasteiger partial charge in [-0.3, -0.25) is 9.59 Å². The van der Waals surface area contributed by atoms with Crippen molar-refractivity contribution in [1.82, 2.24) is 0 Å². The van der Waals surface area contributed by atoms with Gasteiger partial charge >= 0.3 is 0 Å². The maximum absolute atomic E-state index is 12.5. The van der Waals surface area contributed by atoms with Crippen molar-refractivity contribution < 1.29 is 14.3 Å². The van der Waals surface area contributed by atoms with Gasteiger partial charge in [0.05, 0.1) is 13.5 Å². The minimum Gasteiger partial charge on any atom is -0.496 e. The molecule has 106 valence electrons. The molecule has 0 saturated heterocycles. The summed E-state index contributed by atoms with van der Waals surface area (Å²) in [5.41, 5.74) is 3.80. The van der Waals surface area contributed by atoms with Gasteiger partial charge < -0.3 is 10.1 Å². The fourth-order valence-corrected chi connectivity index (χ4v) is 2.50. The largest absolute Gasteiger partial charge is 0.496 e. The Balaban J connectivity index is 1.96. The molecule has 3 rings (SSSR count). The van der Waals surface area contributed by atoms with E-state index in [2.05, 4.69) is 5.32 Å². The quantitative estimate of drug-likeness (QED) is 0.880. The van der Waals surface area contributed by atoms with Gasteiger partial charge in [0, 0.05) is 16.8 Å². The molecule has 0 radical (unpaired) electrons. The number of carbonyl (C=O) groups is 2. The van der Waals surface area contributed by atoms with E-state index in [1.807, 2.05) is 13.0 Å². The molecule has 2 aromatic rings. The minimum absolute atomic E-state index is 0.0356. The number of ether oxygens (including phenoxy) is 1. The molecule has 1 N–H and O–H groups in total. The van der Waals surface area contributed by atoms with Crippen molar-refractivity contribution in [1.29, 1.82) is 0 Å². The van der Waals surface area contributed by atoms with E-state index in [-0.39, 0.29) is 11.7 Å². The summed E-state index contributed by atoms with van der Waals surface area (Å²) >= 11 is 0. The van der Waals surface area contributed by atoms with Gasteiger partial charge in [-0.25, -0.2) is 0 Å². The first-order valence-electron chi connectivity index (χ1n) is 6.70. The van der Waals surface area contributed by atoms with Crippen LogP contribution in [0.25, 0.3) is 0 Å². The highest BCUT2D eigenvalue weighted by atomic mass is 16.5. The summed E-state index contributed by atoms with van der Waals surface area (Å²) in [5, 5.41) is 2.76. The lowest BCUT2D eigenvalue weighted by molar-refractivity contribution is -0.115. The standard InChI is InChI=1S/C17H15NO3/c1-10-3-4-12(8-15(10)21-2)17(20)11-5-6-14-13(7-11)9-16(19)18-14/h3-8H,9H2,1-2H3,(H,18,19). The van der Waals surface area contributed by atoms with E-state index < -0.39 is 0 Å². The van der Waals surface area contributed by atoms with E-state index in [0.29, 0.717) is 23.3 Å². The summed E-state index contributed by atoms with van der Waals surface area (Å²) in [7, 11) is 1.59. The first kappa shape index (κ1) is 13.4. The van der Waals surface area contributed by atoms with Crippen LogP contribution in [0.15, 0.2) is 36.4 Å². The lowest BCUT2D eigenvalue weighted by Gasteiger charge is -2.08. The number of fused-ring (bicyclic) bond motifs is 1. The van der Waals surface area contributed by atoms with Crippen LogP contribution in [0.5, 0.6) is 5.75 Å². The Hall–Kier alpha value is -2.62. The average Bonchev–Trinajstić information content (AvgIpc) is 2.86.